The number of benzene rings is 1. The normalized spacial score (nSPS) is 10.1. The average molecular weight is 273 g/mol. The van der Waals surface area contributed by atoms with Crippen LogP contribution in [0, 0.1) is 0 Å². The average Bonchev–Trinajstić information content (AvgIpc) is 2.46. The molecule has 2 N–H and O–H groups in total. The highest BCUT2D eigenvalue weighted by Gasteiger charge is 2.08. The van der Waals surface area contributed by atoms with Gasteiger partial charge in [-0.15, -0.1) is 0 Å². The van der Waals surface area contributed by atoms with Crippen molar-refractivity contribution in [2.45, 2.75) is 6.92 Å². The zero-order valence-electron chi connectivity index (χ0n) is 11.1. The minimum atomic E-state index is -0.612. The number of alkyl carbamates (subject to hydrolysis) is 1. The van der Waals surface area contributed by atoms with Gasteiger partial charge in [-0.05, 0) is 19.1 Å². The van der Waals surface area contributed by atoms with Gasteiger partial charge in [0.1, 0.15) is 6.54 Å². The molecule has 6 nitrogen and oxygen atoms in total. The van der Waals surface area contributed by atoms with E-state index in [1.54, 1.807) is 19.2 Å². The van der Waals surface area contributed by atoms with E-state index >= 15 is 0 Å². The SMILES string of the molecule is CCOC(=O)NCC(=O)Nc1cccc2cccnc12. The number of para-hydroxylation sites is 1. The third-order valence-electron chi connectivity index (χ3n) is 2.58. The van der Waals surface area contributed by atoms with Crippen molar-refractivity contribution in [1.82, 2.24) is 10.3 Å². The third-order valence-corrected chi connectivity index (χ3v) is 2.58. The maximum atomic E-state index is 11.8. The largest absolute Gasteiger partial charge is 0.450 e. The second kappa shape index (κ2) is 6.51. The maximum Gasteiger partial charge on any atom is 0.407 e. The molecule has 104 valence electrons. The summed E-state index contributed by atoms with van der Waals surface area (Å²) in [5.74, 6) is -0.337. The quantitative estimate of drug-likeness (QED) is 0.891. The van der Waals surface area contributed by atoms with Gasteiger partial charge in [-0.3, -0.25) is 9.78 Å². The van der Waals surface area contributed by atoms with E-state index in [4.69, 9.17) is 0 Å². The monoisotopic (exact) mass is 273 g/mol. The van der Waals surface area contributed by atoms with Crippen LogP contribution < -0.4 is 10.6 Å². The molecular formula is C14H15N3O3. The first kappa shape index (κ1) is 13.8. The second-order valence-corrected chi connectivity index (χ2v) is 4.00. The van der Waals surface area contributed by atoms with Crippen LogP contribution in [-0.4, -0.2) is 30.1 Å². The summed E-state index contributed by atoms with van der Waals surface area (Å²) in [6.07, 6.45) is 1.05. The van der Waals surface area contributed by atoms with Crippen LogP contribution in [0.4, 0.5) is 10.5 Å². The van der Waals surface area contributed by atoms with Crippen molar-refractivity contribution >= 4 is 28.6 Å². The number of anilines is 1. The summed E-state index contributed by atoms with van der Waals surface area (Å²) in [7, 11) is 0. The van der Waals surface area contributed by atoms with Gasteiger partial charge in [0.2, 0.25) is 5.91 Å². The number of hydrogen-bond donors (Lipinski definition) is 2. The van der Waals surface area contributed by atoms with E-state index in [1.165, 1.54) is 0 Å². The molecule has 0 aliphatic rings. The van der Waals surface area contributed by atoms with E-state index in [2.05, 4.69) is 20.4 Å². The molecule has 0 radical (unpaired) electrons. The molecule has 2 aromatic rings. The van der Waals surface area contributed by atoms with E-state index < -0.39 is 6.09 Å². The Morgan fingerprint density at radius 2 is 2.05 bits per heavy atom. The molecule has 0 fully saturated rings. The van der Waals surface area contributed by atoms with Crippen LogP contribution in [-0.2, 0) is 9.53 Å². The number of ether oxygens (including phenoxy) is 1. The number of nitrogens with zero attached hydrogens (tertiary/aromatic N) is 1. The summed E-state index contributed by atoms with van der Waals surface area (Å²) < 4.78 is 4.67. The van der Waals surface area contributed by atoms with Crippen molar-refractivity contribution in [3.63, 3.8) is 0 Å². The molecule has 0 saturated carbocycles. The van der Waals surface area contributed by atoms with E-state index in [0.29, 0.717) is 11.2 Å². The number of amides is 2. The van der Waals surface area contributed by atoms with Crippen molar-refractivity contribution < 1.29 is 14.3 Å². The number of aromatic nitrogens is 1. The van der Waals surface area contributed by atoms with Crippen LogP contribution in [0.15, 0.2) is 36.5 Å². The summed E-state index contributed by atoms with van der Waals surface area (Å²) in [4.78, 5) is 27.1. The lowest BCUT2D eigenvalue weighted by atomic mass is 10.2. The predicted octanol–water partition coefficient (Wildman–Crippen LogP) is 1.92. The van der Waals surface area contributed by atoms with Gasteiger partial charge in [-0.1, -0.05) is 18.2 Å². The molecule has 0 saturated heterocycles. The van der Waals surface area contributed by atoms with Crippen LogP contribution in [0.5, 0.6) is 0 Å². The number of carbonyl (C=O) groups excluding carboxylic acids is 2. The third kappa shape index (κ3) is 3.44. The Bertz CT molecular complexity index is 623. The summed E-state index contributed by atoms with van der Waals surface area (Å²) >= 11 is 0. The van der Waals surface area contributed by atoms with Gasteiger partial charge in [0.15, 0.2) is 0 Å². The van der Waals surface area contributed by atoms with Crippen LogP contribution in [0.1, 0.15) is 6.92 Å². The van der Waals surface area contributed by atoms with Gasteiger partial charge in [0, 0.05) is 11.6 Å². The lowest BCUT2D eigenvalue weighted by Gasteiger charge is -2.08. The molecule has 6 heteroatoms. The molecule has 2 rings (SSSR count). The van der Waals surface area contributed by atoms with Crippen molar-refractivity contribution in [1.29, 1.82) is 0 Å². The molecule has 20 heavy (non-hydrogen) atoms. The Morgan fingerprint density at radius 1 is 1.25 bits per heavy atom. The Hall–Kier alpha value is -2.63. The Kier molecular flexibility index (Phi) is 4.49. The summed E-state index contributed by atoms with van der Waals surface area (Å²) in [6.45, 7) is 1.81. The molecule has 1 aromatic heterocycles. The maximum absolute atomic E-state index is 11.8. The van der Waals surface area contributed by atoms with Crippen molar-refractivity contribution in [2.75, 3.05) is 18.5 Å². The lowest BCUT2D eigenvalue weighted by molar-refractivity contribution is -0.115. The van der Waals surface area contributed by atoms with Gasteiger partial charge in [0.25, 0.3) is 0 Å². The van der Waals surface area contributed by atoms with Gasteiger partial charge in [-0.2, -0.15) is 0 Å². The molecule has 0 aliphatic heterocycles. The van der Waals surface area contributed by atoms with E-state index in [-0.39, 0.29) is 19.1 Å². The second-order valence-electron chi connectivity index (χ2n) is 4.00. The molecule has 1 aromatic carbocycles. The predicted molar refractivity (Wildman–Crippen MR) is 75.4 cm³/mol. The van der Waals surface area contributed by atoms with Gasteiger partial charge in [-0.25, -0.2) is 4.79 Å². The lowest BCUT2D eigenvalue weighted by Crippen LogP contribution is -2.33. The highest BCUT2D eigenvalue weighted by molar-refractivity contribution is 6.01. The van der Waals surface area contributed by atoms with Crippen molar-refractivity contribution in [3.05, 3.63) is 36.5 Å². The van der Waals surface area contributed by atoms with E-state index in [0.717, 1.165) is 5.39 Å². The molecule has 0 bridgehead atoms. The number of pyridine rings is 1. The fourth-order valence-corrected chi connectivity index (χ4v) is 1.73. The molecule has 0 spiro atoms. The number of fused-ring (bicyclic) bond motifs is 1. The van der Waals surface area contributed by atoms with E-state index in [1.807, 2.05) is 24.3 Å². The van der Waals surface area contributed by atoms with Gasteiger partial charge >= 0.3 is 6.09 Å². The summed E-state index contributed by atoms with van der Waals surface area (Å²) in [5.41, 5.74) is 1.32. The standard InChI is InChI=1S/C14H15N3O3/c1-2-20-14(19)16-9-12(18)17-11-7-3-5-10-6-4-8-15-13(10)11/h3-8H,2,9H2,1H3,(H,16,19)(H,17,18). The molecule has 2 amide bonds. The molecule has 0 atom stereocenters. The first-order chi connectivity index (χ1) is 9.70. The number of nitrogens with one attached hydrogen (secondary N) is 2. The van der Waals surface area contributed by atoms with Gasteiger partial charge < -0.3 is 15.4 Å². The first-order valence-corrected chi connectivity index (χ1v) is 6.25. The molecular weight excluding hydrogens is 258 g/mol. The first-order valence-electron chi connectivity index (χ1n) is 6.25. The number of rotatable bonds is 4. The van der Waals surface area contributed by atoms with Crippen LogP contribution in [0.25, 0.3) is 10.9 Å². The Labute approximate surface area is 116 Å². The summed E-state index contributed by atoms with van der Waals surface area (Å²) in [6, 6.07) is 9.25. The topological polar surface area (TPSA) is 80.3 Å². The van der Waals surface area contributed by atoms with Crippen molar-refractivity contribution in [3.8, 4) is 0 Å². The zero-order valence-corrected chi connectivity index (χ0v) is 11.1. The van der Waals surface area contributed by atoms with Crippen LogP contribution >= 0.6 is 0 Å². The fourth-order valence-electron chi connectivity index (χ4n) is 1.73. The fraction of sp³-hybridized carbons (Fsp3) is 0.214. The Morgan fingerprint density at radius 3 is 2.85 bits per heavy atom. The minimum Gasteiger partial charge on any atom is -0.450 e. The molecule has 1 heterocycles. The van der Waals surface area contributed by atoms with Crippen LogP contribution in [0.2, 0.25) is 0 Å². The molecule has 0 unspecified atom stereocenters. The van der Waals surface area contributed by atoms with Crippen LogP contribution in [0.3, 0.4) is 0 Å². The number of carbonyl (C=O) groups is 2. The van der Waals surface area contributed by atoms with E-state index in [9.17, 15) is 9.59 Å². The minimum absolute atomic E-state index is 0.151. The van der Waals surface area contributed by atoms with Gasteiger partial charge in [0.05, 0.1) is 17.8 Å². The highest BCUT2D eigenvalue weighted by atomic mass is 16.5. The summed E-state index contributed by atoms with van der Waals surface area (Å²) in [5, 5.41) is 6.00. The van der Waals surface area contributed by atoms with Crippen molar-refractivity contribution in [2.24, 2.45) is 0 Å². The highest BCUT2D eigenvalue weighted by Crippen LogP contribution is 2.20. The zero-order chi connectivity index (χ0) is 14.4. The smallest absolute Gasteiger partial charge is 0.407 e. The Balaban J connectivity index is 2.01. The number of hydrogen-bond acceptors (Lipinski definition) is 4. The molecule has 0 aliphatic carbocycles.